The second-order valence-corrected chi connectivity index (χ2v) is 1.76. The standard InChI is InChI=1S/C5H12BN/c1-7(2)5-3-4-6/h3,5H,4,6H2,1-2H3/b5-3+. The quantitative estimate of drug-likeness (QED) is 0.442. The highest BCUT2D eigenvalue weighted by molar-refractivity contribution is 6.09. The van der Waals surface area contributed by atoms with Crippen LogP contribution in [0.15, 0.2) is 12.3 Å². The van der Waals surface area contributed by atoms with E-state index in [4.69, 9.17) is 0 Å². The van der Waals surface area contributed by atoms with E-state index in [1.807, 2.05) is 19.0 Å². The van der Waals surface area contributed by atoms with Gasteiger partial charge >= 0.3 is 0 Å². The zero-order valence-corrected chi connectivity index (χ0v) is 5.31. The Morgan fingerprint density at radius 3 is 2.29 bits per heavy atom. The van der Waals surface area contributed by atoms with Gasteiger partial charge in [0.25, 0.3) is 0 Å². The monoisotopic (exact) mass is 97.1 g/mol. The molecule has 0 aliphatic heterocycles. The van der Waals surface area contributed by atoms with Gasteiger partial charge in [0.1, 0.15) is 7.85 Å². The van der Waals surface area contributed by atoms with Crippen LogP contribution in [0.25, 0.3) is 0 Å². The molecule has 40 valence electrons. The Morgan fingerprint density at radius 1 is 1.57 bits per heavy atom. The van der Waals surface area contributed by atoms with Crippen LogP contribution in [-0.4, -0.2) is 26.8 Å². The van der Waals surface area contributed by atoms with Gasteiger partial charge in [-0.1, -0.05) is 12.4 Å². The fraction of sp³-hybridized carbons (Fsp3) is 0.600. The number of hydrogen-bond acceptors (Lipinski definition) is 1. The Bertz CT molecular complexity index is 59.1. The van der Waals surface area contributed by atoms with E-state index in [1.54, 1.807) is 0 Å². The highest BCUT2D eigenvalue weighted by Gasteiger charge is 1.69. The van der Waals surface area contributed by atoms with Crippen molar-refractivity contribution in [2.45, 2.75) is 6.32 Å². The summed E-state index contributed by atoms with van der Waals surface area (Å²) in [5.74, 6) is 0. The molecule has 0 bridgehead atoms. The zero-order valence-electron chi connectivity index (χ0n) is 5.31. The maximum Gasteiger partial charge on any atom is 0.106 e. The first-order valence-electron chi connectivity index (χ1n) is 2.60. The molecular formula is C5H12BN. The van der Waals surface area contributed by atoms with Gasteiger partial charge in [0, 0.05) is 14.1 Å². The van der Waals surface area contributed by atoms with Crippen LogP contribution in [0.1, 0.15) is 0 Å². The molecule has 0 aliphatic rings. The summed E-state index contributed by atoms with van der Waals surface area (Å²) in [6.45, 7) is 0. The Morgan fingerprint density at radius 2 is 2.14 bits per heavy atom. The molecule has 0 fully saturated rings. The summed E-state index contributed by atoms with van der Waals surface area (Å²) in [5.41, 5.74) is 0. The van der Waals surface area contributed by atoms with E-state index in [1.165, 1.54) is 0 Å². The summed E-state index contributed by atoms with van der Waals surface area (Å²) in [4.78, 5) is 2.03. The average Bonchev–Trinajstić information content (AvgIpc) is 1.61. The Labute approximate surface area is 46.4 Å². The van der Waals surface area contributed by atoms with Gasteiger partial charge in [-0.2, -0.15) is 0 Å². The maximum atomic E-state index is 2.12. The number of allylic oxidation sites excluding steroid dienone is 1. The molecule has 1 nitrogen and oxygen atoms in total. The van der Waals surface area contributed by atoms with Gasteiger partial charge in [0.15, 0.2) is 0 Å². The van der Waals surface area contributed by atoms with E-state index in [0.29, 0.717) is 0 Å². The topological polar surface area (TPSA) is 3.24 Å². The molecule has 0 aromatic carbocycles. The molecule has 0 N–H and O–H groups in total. The fourth-order valence-corrected chi connectivity index (χ4v) is 0.316. The van der Waals surface area contributed by atoms with E-state index in [9.17, 15) is 0 Å². The van der Waals surface area contributed by atoms with E-state index in [-0.39, 0.29) is 0 Å². The van der Waals surface area contributed by atoms with Crippen molar-refractivity contribution >= 4 is 7.85 Å². The normalized spacial score (nSPS) is 10.0. The van der Waals surface area contributed by atoms with E-state index in [0.717, 1.165) is 6.32 Å². The molecule has 7 heavy (non-hydrogen) atoms. The minimum atomic E-state index is 1.12. The third-order valence-corrected chi connectivity index (χ3v) is 0.639. The lowest BCUT2D eigenvalue weighted by Crippen LogP contribution is -1.99. The van der Waals surface area contributed by atoms with Gasteiger partial charge in [-0.05, 0) is 6.20 Å². The van der Waals surface area contributed by atoms with Gasteiger partial charge < -0.3 is 4.90 Å². The van der Waals surface area contributed by atoms with Crippen LogP contribution in [0.4, 0.5) is 0 Å². The molecule has 0 rings (SSSR count). The van der Waals surface area contributed by atoms with Crippen LogP contribution in [-0.2, 0) is 0 Å². The summed E-state index contributed by atoms with van der Waals surface area (Å²) in [5, 5.41) is 0. The zero-order chi connectivity index (χ0) is 5.70. The van der Waals surface area contributed by atoms with Crippen molar-refractivity contribution in [3.63, 3.8) is 0 Å². The first-order valence-corrected chi connectivity index (χ1v) is 2.60. The molecular weight excluding hydrogens is 84.9 g/mol. The van der Waals surface area contributed by atoms with Gasteiger partial charge in [0.05, 0.1) is 0 Å². The predicted octanol–water partition coefficient (Wildman–Crippen LogP) is 0.113. The second-order valence-electron chi connectivity index (χ2n) is 1.76. The molecule has 0 aliphatic carbocycles. The van der Waals surface area contributed by atoms with Crippen molar-refractivity contribution in [2.24, 2.45) is 0 Å². The average molecular weight is 97.0 g/mol. The van der Waals surface area contributed by atoms with Gasteiger partial charge in [-0.15, -0.1) is 0 Å². The van der Waals surface area contributed by atoms with E-state index in [2.05, 4.69) is 20.1 Å². The Balaban J connectivity index is 3.08. The highest BCUT2D eigenvalue weighted by atomic mass is 15.0. The number of rotatable bonds is 2. The third-order valence-electron chi connectivity index (χ3n) is 0.639. The minimum Gasteiger partial charge on any atom is -0.384 e. The number of hydrogen-bond donors (Lipinski definition) is 0. The van der Waals surface area contributed by atoms with E-state index >= 15 is 0 Å². The van der Waals surface area contributed by atoms with Crippen LogP contribution in [0, 0.1) is 0 Å². The van der Waals surface area contributed by atoms with Crippen molar-refractivity contribution in [1.29, 1.82) is 0 Å². The van der Waals surface area contributed by atoms with Crippen molar-refractivity contribution in [3.05, 3.63) is 12.3 Å². The minimum absolute atomic E-state index is 1.12. The molecule has 0 saturated carbocycles. The highest BCUT2D eigenvalue weighted by Crippen LogP contribution is 1.78. The number of nitrogens with zero attached hydrogens (tertiary/aromatic N) is 1. The summed E-state index contributed by atoms with van der Waals surface area (Å²) in [6.07, 6.45) is 5.30. The Kier molecular flexibility index (Phi) is 3.57. The van der Waals surface area contributed by atoms with Gasteiger partial charge in [0.2, 0.25) is 0 Å². The largest absolute Gasteiger partial charge is 0.384 e. The van der Waals surface area contributed by atoms with Crippen LogP contribution in [0.3, 0.4) is 0 Å². The molecule has 0 aromatic heterocycles. The first-order chi connectivity index (χ1) is 3.27. The summed E-state index contributed by atoms with van der Waals surface area (Å²) >= 11 is 0. The van der Waals surface area contributed by atoms with Crippen LogP contribution >= 0.6 is 0 Å². The molecule has 0 unspecified atom stereocenters. The summed E-state index contributed by atoms with van der Waals surface area (Å²) in [6, 6.07) is 0. The molecule has 0 atom stereocenters. The summed E-state index contributed by atoms with van der Waals surface area (Å²) in [7, 11) is 6.16. The van der Waals surface area contributed by atoms with Gasteiger partial charge in [-0.25, -0.2) is 0 Å². The lowest BCUT2D eigenvalue weighted by atomic mass is 10.1. The smallest absolute Gasteiger partial charge is 0.106 e. The van der Waals surface area contributed by atoms with Gasteiger partial charge in [-0.3, -0.25) is 0 Å². The molecule has 0 aromatic rings. The molecule has 0 spiro atoms. The van der Waals surface area contributed by atoms with E-state index < -0.39 is 0 Å². The van der Waals surface area contributed by atoms with Crippen molar-refractivity contribution in [3.8, 4) is 0 Å². The van der Waals surface area contributed by atoms with Crippen LogP contribution in [0.5, 0.6) is 0 Å². The Hall–Kier alpha value is -0.395. The molecule has 0 saturated heterocycles. The second kappa shape index (κ2) is 3.78. The van der Waals surface area contributed by atoms with Crippen molar-refractivity contribution < 1.29 is 0 Å². The van der Waals surface area contributed by atoms with Crippen molar-refractivity contribution in [2.75, 3.05) is 14.1 Å². The van der Waals surface area contributed by atoms with Crippen molar-refractivity contribution in [1.82, 2.24) is 4.90 Å². The lowest BCUT2D eigenvalue weighted by molar-refractivity contribution is 0.563. The molecule has 0 radical (unpaired) electrons. The molecule has 0 amide bonds. The maximum absolute atomic E-state index is 2.12. The lowest BCUT2D eigenvalue weighted by Gasteiger charge is -2.00. The SMILES string of the molecule is BC/C=C/N(C)C. The summed E-state index contributed by atoms with van der Waals surface area (Å²) < 4.78 is 0. The molecule has 0 heterocycles. The third kappa shape index (κ3) is 5.60. The first kappa shape index (κ1) is 6.60. The fourth-order valence-electron chi connectivity index (χ4n) is 0.316. The predicted molar refractivity (Wildman–Crippen MR) is 36.2 cm³/mol. The van der Waals surface area contributed by atoms with Crippen LogP contribution < -0.4 is 0 Å². The molecule has 2 heteroatoms. The van der Waals surface area contributed by atoms with Crippen LogP contribution in [0.2, 0.25) is 6.32 Å².